The number of carbonyl (C=O) groups is 2. The Morgan fingerprint density at radius 2 is 1.93 bits per heavy atom. The van der Waals surface area contributed by atoms with E-state index in [0.29, 0.717) is 17.2 Å². The highest BCUT2D eigenvalue weighted by molar-refractivity contribution is 8.00. The van der Waals surface area contributed by atoms with Gasteiger partial charge in [0.1, 0.15) is 10.8 Å². The van der Waals surface area contributed by atoms with Gasteiger partial charge < -0.3 is 14.8 Å². The number of anilines is 1. The van der Waals surface area contributed by atoms with Gasteiger partial charge >= 0.3 is 5.97 Å². The number of fused-ring (bicyclic) bond motifs is 1. The molecule has 0 unspecified atom stereocenters. The summed E-state index contributed by atoms with van der Waals surface area (Å²) in [6.07, 6.45) is 4.00. The summed E-state index contributed by atoms with van der Waals surface area (Å²) in [6.45, 7) is 3.98. The average molecular weight is 420 g/mol. The molecule has 1 aromatic carbocycles. The smallest absolute Gasteiger partial charge is 0.341 e. The summed E-state index contributed by atoms with van der Waals surface area (Å²) in [6, 6.07) is 7.61. The molecule has 28 heavy (non-hydrogen) atoms. The fourth-order valence-electron chi connectivity index (χ4n) is 3.20. The van der Waals surface area contributed by atoms with Crippen molar-refractivity contribution in [2.75, 3.05) is 19.0 Å². The minimum absolute atomic E-state index is 0.120. The van der Waals surface area contributed by atoms with E-state index in [1.807, 2.05) is 31.2 Å². The summed E-state index contributed by atoms with van der Waals surface area (Å²) in [4.78, 5) is 27.5. The van der Waals surface area contributed by atoms with Crippen LogP contribution in [-0.4, -0.2) is 30.8 Å². The Hall–Kier alpha value is -1.99. The molecule has 1 aliphatic rings. The highest BCUT2D eigenvalue weighted by Crippen LogP contribution is 2.39. The number of amides is 1. The summed E-state index contributed by atoms with van der Waals surface area (Å²) in [5.41, 5.74) is 1.61. The van der Waals surface area contributed by atoms with Crippen molar-refractivity contribution in [1.29, 1.82) is 0 Å². The molecule has 1 aliphatic carbocycles. The third-order valence-corrected chi connectivity index (χ3v) is 6.95. The van der Waals surface area contributed by atoms with Gasteiger partial charge in [-0.2, -0.15) is 0 Å². The third-order valence-electron chi connectivity index (χ3n) is 4.63. The number of ether oxygens (including phenoxy) is 2. The van der Waals surface area contributed by atoms with Crippen LogP contribution in [0.5, 0.6) is 5.75 Å². The van der Waals surface area contributed by atoms with Crippen molar-refractivity contribution in [3.05, 3.63) is 40.3 Å². The molecule has 0 saturated heterocycles. The van der Waals surface area contributed by atoms with Gasteiger partial charge in [0.05, 0.1) is 24.5 Å². The van der Waals surface area contributed by atoms with E-state index in [1.54, 1.807) is 14.0 Å². The van der Waals surface area contributed by atoms with Crippen molar-refractivity contribution in [1.82, 2.24) is 0 Å². The topological polar surface area (TPSA) is 64.6 Å². The number of hydrogen-bond acceptors (Lipinski definition) is 6. The highest BCUT2D eigenvalue weighted by Gasteiger charge is 2.28. The summed E-state index contributed by atoms with van der Waals surface area (Å²) >= 11 is 2.98. The Labute approximate surface area is 173 Å². The number of thiophene rings is 1. The average Bonchev–Trinajstić information content (AvgIpc) is 3.06. The SMILES string of the molecule is CCOC(=O)c1c(NC(=O)[C@@H](C)Sc2ccc(OC)cc2)sc2c1CCCC2. The summed E-state index contributed by atoms with van der Waals surface area (Å²) in [5, 5.41) is 3.30. The Morgan fingerprint density at radius 3 is 2.61 bits per heavy atom. The molecule has 3 rings (SSSR count). The van der Waals surface area contributed by atoms with Crippen molar-refractivity contribution in [3.63, 3.8) is 0 Å². The predicted octanol–water partition coefficient (Wildman–Crippen LogP) is 4.93. The zero-order valence-electron chi connectivity index (χ0n) is 16.4. The number of carbonyl (C=O) groups excluding carboxylic acids is 2. The van der Waals surface area contributed by atoms with Gasteiger partial charge in [0.25, 0.3) is 0 Å². The molecule has 0 spiro atoms. The zero-order valence-corrected chi connectivity index (χ0v) is 18.0. The second-order valence-electron chi connectivity index (χ2n) is 6.56. The van der Waals surface area contributed by atoms with Gasteiger partial charge in [-0.05, 0) is 69.4 Å². The second kappa shape index (κ2) is 9.47. The summed E-state index contributed by atoms with van der Waals surface area (Å²) in [7, 11) is 1.62. The van der Waals surface area contributed by atoms with E-state index in [9.17, 15) is 9.59 Å². The first-order valence-electron chi connectivity index (χ1n) is 9.46. The van der Waals surface area contributed by atoms with E-state index in [0.717, 1.165) is 41.9 Å². The van der Waals surface area contributed by atoms with Gasteiger partial charge in [-0.3, -0.25) is 4.79 Å². The zero-order chi connectivity index (χ0) is 20.1. The predicted molar refractivity (Wildman–Crippen MR) is 114 cm³/mol. The molecule has 0 aliphatic heterocycles. The standard InChI is InChI=1S/C21H25NO4S2/c1-4-26-21(24)18-16-7-5-6-8-17(16)28-20(18)22-19(23)13(2)27-15-11-9-14(25-3)10-12-15/h9-13H,4-8H2,1-3H3,(H,22,23)/t13-/m1/s1. The van der Waals surface area contributed by atoms with E-state index in [2.05, 4.69) is 5.32 Å². The van der Waals surface area contributed by atoms with Crippen LogP contribution in [-0.2, 0) is 22.4 Å². The van der Waals surface area contributed by atoms with Crippen molar-refractivity contribution in [2.24, 2.45) is 0 Å². The van der Waals surface area contributed by atoms with Crippen molar-refractivity contribution in [2.45, 2.75) is 49.7 Å². The molecular formula is C21H25NO4S2. The lowest BCUT2D eigenvalue weighted by atomic mass is 9.95. The molecule has 0 fully saturated rings. The van der Waals surface area contributed by atoms with E-state index >= 15 is 0 Å². The highest BCUT2D eigenvalue weighted by atomic mass is 32.2. The molecule has 150 valence electrons. The van der Waals surface area contributed by atoms with Gasteiger partial charge in [0, 0.05) is 9.77 Å². The molecule has 1 N–H and O–H groups in total. The lowest BCUT2D eigenvalue weighted by Gasteiger charge is -2.14. The summed E-state index contributed by atoms with van der Waals surface area (Å²) < 4.78 is 10.4. The fraction of sp³-hybridized carbons (Fsp3) is 0.429. The molecule has 2 aromatic rings. The molecular weight excluding hydrogens is 394 g/mol. The lowest BCUT2D eigenvalue weighted by molar-refractivity contribution is -0.115. The van der Waals surface area contributed by atoms with Crippen LogP contribution in [0.4, 0.5) is 5.00 Å². The van der Waals surface area contributed by atoms with Crippen LogP contribution >= 0.6 is 23.1 Å². The number of methoxy groups -OCH3 is 1. The molecule has 1 aromatic heterocycles. The Bertz CT molecular complexity index is 845. The normalized spacial score (nSPS) is 14.1. The molecule has 1 atom stereocenters. The van der Waals surface area contributed by atoms with Gasteiger partial charge in [-0.1, -0.05) is 0 Å². The van der Waals surface area contributed by atoms with Crippen molar-refractivity contribution >= 4 is 40.0 Å². The van der Waals surface area contributed by atoms with Gasteiger partial charge in [-0.15, -0.1) is 23.1 Å². The molecule has 7 heteroatoms. The maximum Gasteiger partial charge on any atom is 0.341 e. The minimum atomic E-state index is -0.340. The third kappa shape index (κ3) is 4.70. The van der Waals surface area contributed by atoms with Crippen LogP contribution in [0.1, 0.15) is 47.5 Å². The first-order valence-corrected chi connectivity index (χ1v) is 11.2. The minimum Gasteiger partial charge on any atom is -0.497 e. The number of thioether (sulfide) groups is 1. The Morgan fingerprint density at radius 1 is 1.21 bits per heavy atom. The van der Waals surface area contributed by atoms with Gasteiger partial charge in [-0.25, -0.2) is 4.79 Å². The fourth-order valence-corrected chi connectivity index (χ4v) is 5.35. The molecule has 0 saturated carbocycles. The van der Waals surface area contributed by atoms with Crippen LogP contribution < -0.4 is 10.1 Å². The van der Waals surface area contributed by atoms with Crippen LogP contribution in [0, 0.1) is 0 Å². The molecule has 0 bridgehead atoms. The van der Waals surface area contributed by atoms with Crippen LogP contribution in [0.25, 0.3) is 0 Å². The number of aryl methyl sites for hydroxylation is 1. The van der Waals surface area contributed by atoms with E-state index in [1.165, 1.54) is 28.0 Å². The number of hydrogen-bond donors (Lipinski definition) is 1. The van der Waals surface area contributed by atoms with E-state index in [-0.39, 0.29) is 17.1 Å². The quantitative estimate of drug-likeness (QED) is 0.509. The lowest BCUT2D eigenvalue weighted by Crippen LogP contribution is -2.23. The maximum atomic E-state index is 12.8. The monoisotopic (exact) mass is 419 g/mol. The van der Waals surface area contributed by atoms with Crippen LogP contribution in [0.3, 0.4) is 0 Å². The van der Waals surface area contributed by atoms with Crippen molar-refractivity contribution in [3.8, 4) is 5.75 Å². The van der Waals surface area contributed by atoms with Gasteiger partial charge in [0.15, 0.2) is 0 Å². The largest absolute Gasteiger partial charge is 0.497 e. The number of benzene rings is 1. The van der Waals surface area contributed by atoms with E-state index < -0.39 is 0 Å². The van der Waals surface area contributed by atoms with Crippen molar-refractivity contribution < 1.29 is 19.1 Å². The molecule has 1 heterocycles. The maximum absolute atomic E-state index is 12.8. The van der Waals surface area contributed by atoms with E-state index in [4.69, 9.17) is 9.47 Å². The Balaban J connectivity index is 1.75. The first-order chi connectivity index (χ1) is 13.5. The van der Waals surface area contributed by atoms with Gasteiger partial charge in [0.2, 0.25) is 5.91 Å². The number of rotatable bonds is 7. The molecule has 1 amide bonds. The molecule has 0 radical (unpaired) electrons. The van der Waals surface area contributed by atoms with Crippen LogP contribution in [0.2, 0.25) is 0 Å². The second-order valence-corrected chi connectivity index (χ2v) is 9.08. The van der Waals surface area contributed by atoms with Crippen LogP contribution in [0.15, 0.2) is 29.2 Å². The molecule has 5 nitrogen and oxygen atoms in total. The number of nitrogens with one attached hydrogen (secondary N) is 1. The first kappa shape index (κ1) is 20.7. The number of esters is 1. The summed E-state index contributed by atoms with van der Waals surface area (Å²) in [5.74, 6) is 0.322. The Kier molecular flexibility index (Phi) is 7.02.